The topological polar surface area (TPSA) is 61.1 Å². The highest BCUT2D eigenvalue weighted by molar-refractivity contribution is 9.10. The maximum Gasteiger partial charge on any atom is 0.139 e. The Kier molecular flexibility index (Phi) is 2.44. The van der Waals surface area contributed by atoms with Crippen LogP contribution in [0.25, 0.3) is 17.0 Å². The van der Waals surface area contributed by atoms with Gasteiger partial charge >= 0.3 is 0 Å². The SMILES string of the molecule is Cc1cc2nc(-c3cncn3C3CC3)c(N)n2cc1Br. The summed E-state index contributed by atoms with van der Waals surface area (Å²) in [4.78, 5) is 8.94. The molecule has 5 nitrogen and oxygen atoms in total. The van der Waals surface area contributed by atoms with Crippen molar-refractivity contribution < 1.29 is 0 Å². The quantitative estimate of drug-likeness (QED) is 0.784. The standard InChI is InChI=1S/C14H14BrN5/c1-8-4-12-18-13(14(16)19(12)6-10(8)15)11-5-17-7-20(11)9-2-3-9/h4-7,9H,2-3,16H2,1H3. The van der Waals surface area contributed by atoms with Crippen LogP contribution in [0.5, 0.6) is 0 Å². The molecule has 0 spiro atoms. The highest BCUT2D eigenvalue weighted by atomic mass is 79.9. The Morgan fingerprint density at radius 2 is 2.20 bits per heavy atom. The molecule has 6 heteroatoms. The molecule has 0 atom stereocenters. The number of fused-ring (bicyclic) bond motifs is 1. The van der Waals surface area contributed by atoms with Crippen molar-refractivity contribution in [3.63, 3.8) is 0 Å². The number of nitrogens with zero attached hydrogens (tertiary/aromatic N) is 4. The van der Waals surface area contributed by atoms with E-state index in [1.165, 1.54) is 12.8 Å². The molecule has 3 aromatic heterocycles. The summed E-state index contributed by atoms with van der Waals surface area (Å²) >= 11 is 3.53. The molecular weight excluding hydrogens is 318 g/mol. The van der Waals surface area contributed by atoms with Gasteiger partial charge in [0.05, 0.1) is 18.2 Å². The van der Waals surface area contributed by atoms with E-state index in [2.05, 4.69) is 30.5 Å². The van der Waals surface area contributed by atoms with E-state index in [-0.39, 0.29) is 0 Å². The minimum atomic E-state index is 0.560. The van der Waals surface area contributed by atoms with Crippen molar-refractivity contribution in [3.05, 3.63) is 34.8 Å². The van der Waals surface area contributed by atoms with E-state index in [0.29, 0.717) is 11.9 Å². The normalized spacial score (nSPS) is 15.1. The van der Waals surface area contributed by atoms with Gasteiger partial charge in [-0.1, -0.05) is 0 Å². The van der Waals surface area contributed by atoms with Gasteiger partial charge in [-0.25, -0.2) is 9.97 Å². The fourth-order valence-electron chi connectivity index (χ4n) is 2.50. The van der Waals surface area contributed by atoms with Crippen LogP contribution >= 0.6 is 15.9 Å². The Bertz CT molecular complexity index is 812. The van der Waals surface area contributed by atoms with Gasteiger partial charge in [0.2, 0.25) is 0 Å². The highest BCUT2D eigenvalue weighted by Crippen LogP contribution is 2.39. The lowest BCUT2D eigenvalue weighted by Crippen LogP contribution is -1.98. The second kappa shape index (κ2) is 4.09. The summed E-state index contributed by atoms with van der Waals surface area (Å²) in [6.45, 7) is 2.04. The van der Waals surface area contributed by atoms with E-state index >= 15 is 0 Å². The fourth-order valence-corrected chi connectivity index (χ4v) is 2.82. The molecule has 1 aliphatic carbocycles. The molecule has 0 amide bonds. The number of anilines is 1. The van der Waals surface area contributed by atoms with Crippen LogP contribution in [0.4, 0.5) is 5.82 Å². The molecule has 102 valence electrons. The van der Waals surface area contributed by atoms with Crippen LogP contribution in [0.15, 0.2) is 29.3 Å². The smallest absolute Gasteiger partial charge is 0.139 e. The van der Waals surface area contributed by atoms with Crippen LogP contribution in [0.3, 0.4) is 0 Å². The van der Waals surface area contributed by atoms with Crippen molar-refractivity contribution >= 4 is 27.4 Å². The Hall–Kier alpha value is -1.82. The Morgan fingerprint density at radius 1 is 1.40 bits per heavy atom. The Labute approximate surface area is 124 Å². The van der Waals surface area contributed by atoms with E-state index in [1.807, 2.05) is 36.1 Å². The number of aromatic nitrogens is 4. The van der Waals surface area contributed by atoms with Gasteiger partial charge in [-0.05, 0) is 47.3 Å². The molecule has 0 aromatic carbocycles. The third kappa shape index (κ3) is 1.67. The summed E-state index contributed by atoms with van der Waals surface area (Å²) in [6, 6.07) is 2.59. The molecule has 0 aliphatic heterocycles. The van der Waals surface area contributed by atoms with Gasteiger partial charge < -0.3 is 10.3 Å². The molecule has 1 aliphatic rings. The average molecular weight is 332 g/mol. The predicted octanol–water partition coefficient (Wildman–Crippen LogP) is 3.19. The second-order valence-corrected chi connectivity index (χ2v) is 6.15. The lowest BCUT2D eigenvalue weighted by Gasteiger charge is -2.04. The van der Waals surface area contributed by atoms with Crippen LogP contribution in [-0.4, -0.2) is 18.9 Å². The van der Waals surface area contributed by atoms with Crippen LogP contribution in [0.2, 0.25) is 0 Å². The number of pyridine rings is 1. The third-order valence-electron chi connectivity index (χ3n) is 3.79. The second-order valence-electron chi connectivity index (χ2n) is 5.30. The van der Waals surface area contributed by atoms with Crippen molar-refractivity contribution in [1.82, 2.24) is 18.9 Å². The zero-order valence-electron chi connectivity index (χ0n) is 11.0. The first-order chi connectivity index (χ1) is 9.65. The van der Waals surface area contributed by atoms with E-state index < -0.39 is 0 Å². The molecule has 0 radical (unpaired) electrons. The molecular formula is C14H14BrN5. The van der Waals surface area contributed by atoms with Crippen LogP contribution in [0.1, 0.15) is 24.4 Å². The van der Waals surface area contributed by atoms with Gasteiger partial charge in [0.25, 0.3) is 0 Å². The first kappa shape index (κ1) is 12.0. The lowest BCUT2D eigenvalue weighted by atomic mass is 10.3. The highest BCUT2D eigenvalue weighted by Gasteiger charge is 2.27. The fraction of sp³-hybridized carbons (Fsp3) is 0.286. The maximum absolute atomic E-state index is 6.28. The van der Waals surface area contributed by atoms with Crippen molar-refractivity contribution in [2.75, 3.05) is 5.73 Å². The number of rotatable bonds is 2. The van der Waals surface area contributed by atoms with Crippen molar-refractivity contribution in [2.45, 2.75) is 25.8 Å². The zero-order chi connectivity index (χ0) is 13.9. The van der Waals surface area contributed by atoms with Crippen LogP contribution < -0.4 is 5.73 Å². The molecule has 4 rings (SSSR count). The molecule has 20 heavy (non-hydrogen) atoms. The summed E-state index contributed by atoms with van der Waals surface area (Å²) in [5.41, 5.74) is 10.1. The van der Waals surface area contributed by atoms with Gasteiger partial charge in [-0.2, -0.15) is 0 Å². The first-order valence-electron chi connectivity index (χ1n) is 6.61. The average Bonchev–Trinajstić information content (AvgIpc) is 3.08. The monoisotopic (exact) mass is 331 g/mol. The number of nitrogen functional groups attached to an aromatic ring is 1. The van der Waals surface area contributed by atoms with Gasteiger partial charge in [0, 0.05) is 16.7 Å². The molecule has 0 saturated heterocycles. The minimum Gasteiger partial charge on any atom is -0.383 e. The summed E-state index contributed by atoms with van der Waals surface area (Å²) in [5.74, 6) is 0.656. The van der Waals surface area contributed by atoms with Crippen LogP contribution in [0, 0.1) is 6.92 Å². The van der Waals surface area contributed by atoms with Gasteiger partial charge in [0.15, 0.2) is 0 Å². The summed E-state index contributed by atoms with van der Waals surface area (Å²) in [5, 5.41) is 0. The molecule has 2 N–H and O–H groups in total. The third-order valence-corrected chi connectivity index (χ3v) is 4.62. The summed E-state index contributed by atoms with van der Waals surface area (Å²) < 4.78 is 5.12. The number of hydrogen-bond donors (Lipinski definition) is 1. The van der Waals surface area contributed by atoms with Crippen LogP contribution in [-0.2, 0) is 0 Å². The molecule has 0 bridgehead atoms. The van der Waals surface area contributed by atoms with Gasteiger partial charge in [-0.15, -0.1) is 0 Å². The zero-order valence-corrected chi connectivity index (χ0v) is 12.6. The van der Waals surface area contributed by atoms with Crippen molar-refractivity contribution in [1.29, 1.82) is 0 Å². The number of imidazole rings is 2. The lowest BCUT2D eigenvalue weighted by molar-refractivity contribution is 0.746. The molecule has 3 aromatic rings. The Balaban J connectivity index is 1.95. The van der Waals surface area contributed by atoms with Crippen molar-refractivity contribution in [3.8, 4) is 11.4 Å². The van der Waals surface area contributed by atoms with E-state index in [1.54, 1.807) is 0 Å². The number of aryl methyl sites for hydroxylation is 1. The number of hydrogen-bond acceptors (Lipinski definition) is 3. The molecule has 1 saturated carbocycles. The molecule has 1 fully saturated rings. The molecule has 3 heterocycles. The first-order valence-corrected chi connectivity index (χ1v) is 7.40. The summed E-state index contributed by atoms with van der Waals surface area (Å²) in [6.07, 6.45) is 8.10. The van der Waals surface area contributed by atoms with E-state index in [4.69, 9.17) is 5.73 Å². The van der Waals surface area contributed by atoms with E-state index in [9.17, 15) is 0 Å². The van der Waals surface area contributed by atoms with Crippen molar-refractivity contribution in [2.24, 2.45) is 0 Å². The van der Waals surface area contributed by atoms with E-state index in [0.717, 1.165) is 27.1 Å². The van der Waals surface area contributed by atoms with Gasteiger partial charge in [-0.3, -0.25) is 4.40 Å². The molecule has 0 unspecified atom stereocenters. The maximum atomic E-state index is 6.28. The number of halogens is 1. The Morgan fingerprint density at radius 3 is 2.95 bits per heavy atom. The predicted molar refractivity (Wildman–Crippen MR) is 81.5 cm³/mol. The van der Waals surface area contributed by atoms with Gasteiger partial charge in [0.1, 0.15) is 17.2 Å². The number of nitrogens with two attached hydrogens (primary N) is 1. The summed E-state index contributed by atoms with van der Waals surface area (Å²) in [7, 11) is 0. The minimum absolute atomic E-state index is 0.560. The largest absolute Gasteiger partial charge is 0.383 e.